The van der Waals surface area contributed by atoms with Crippen LogP contribution < -0.4 is 0 Å². The van der Waals surface area contributed by atoms with Crippen molar-refractivity contribution >= 4 is 26.7 Å². The van der Waals surface area contributed by atoms with Crippen molar-refractivity contribution in [2.24, 2.45) is 5.92 Å². The molecule has 0 spiro atoms. The minimum atomic E-state index is -0.401. The van der Waals surface area contributed by atoms with E-state index in [9.17, 15) is 5.11 Å². The predicted molar refractivity (Wildman–Crippen MR) is 80.2 cm³/mol. The molecular formula is C16H17BrO2. The van der Waals surface area contributed by atoms with Crippen LogP contribution in [-0.4, -0.2) is 18.3 Å². The van der Waals surface area contributed by atoms with Gasteiger partial charge in [0, 0.05) is 17.7 Å². The average Bonchev–Trinajstić information content (AvgIpc) is 2.48. The number of benzene rings is 2. The normalized spacial score (nSPS) is 18.6. The second-order valence-electron chi connectivity index (χ2n) is 5.08. The highest BCUT2D eigenvalue weighted by Gasteiger charge is 2.24. The zero-order chi connectivity index (χ0) is 13.2. The Hall–Kier alpha value is -0.900. The van der Waals surface area contributed by atoms with Crippen LogP contribution in [0.1, 0.15) is 24.5 Å². The van der Waals surface area contributed by atoms with Crippen molar-refractivity contribution in [3.05, 3.63) is 46.4 Å². The van der Waals surface area contributed by atoms with Gasteiger partial charge in [-0.1, -0.05) is 46.3 Å². The fraction of sp³-hybridized carbons (Fsp3) is 0.375. The molecule has 3 heteroatoms. The molecule has 2 nitrogen and oxygen atoms in total. The van der Waals surface area contributed by atoms with Gasteiger partial charge in [0.25, 0.3) is 0 Å². The molecule has 2 aromatic rings. The molecule has 1 heterocycles. The summed E-state index contributed by atoms with van der Waals surface area (Å²) in [7, 11) is 0. The van der Waals surface area contributed by atoms with Gasteiger partial charge >= 0.3 is 0 Å². The number of halogens is 1. The third-order valence-electron chi connectivity index (χ3n) is 3.94. The van der Waals surface area contributed by atoms with Crippen LogP contribution in [0.5, 0.6) is 0 Å². The highest BCUT2D eigenvalue weighted by molar-refractivity contribution is 9.10. The lowest BCUT2D eigenvalue weighted by Gasteiger charge is -2.27. The number of hydrogen-bond donors (Lipinski definition) is 1. The van der Waals surface area contributed by atoms with Gasteiger partial charge in [-0.25, -0.2) is 0 Å². The zero-order valence-corrected chi connectivity index (χ0v) is 12.3. The van der Waals surface area contributed by atoms with Crippen LogP contribution in [-0.2, 0) is 4.74 Å². The Bertz CT molecular complexity index is 576. The average molecular weight is 321 g/mol. The van der Waals surface area contributed by atoms with Crippen LogP contribution in [0.3, 0.4) is 0 Å². The lowest BCUT2D eigenvalue weighted by Crippen LogP contribution is -2.22. The van der Waals surface area contributed by atoms with E-state index in [1.807, 2.05) is 24.3 Å². The summed E-state index contributed by atoms with van der Waals surface area (Å²) < 4.78 is 6.45. The Morgan fingerprint density at radius 1 is 1.05 bits per heavy atom. The molecule has 100 valence electrons. The van der Waals surface area contributed by atoms with E-state index in [-0.39, 0.29) is 0 Å². The number of rotatable bonds is 2. The molecule has 0 aliphatic carbocycles. The smallest absolute Gasteiger partial charge is 0.0825 e. The monoisotopic (exact) mass is 320 g/mol. The van der Waals surface area contributed by atoms with Crippen molar-refractivity contribution in [3.8, 4) is 0 Å². The second kappa shape index (κ2) is 5.61. The SMILES string of the molecule is OC(c1ccc(Br)c2ccccc12)C1CCOCC1. The quantitative estimate of drug-likeness (QED) is 0.904. The maximum Gasteiger partial charge on any atom is 0.0825 e. The molecule has 1 unspecified atom stereocenters. The molecule has 0 amide bonds. The molecule has 0 saturated carbocycles. The Morgan fingerprint density at radius 3 is 2.47 bits per heavy atom. The van der Waals surface area contributed by atoms with E-state index >= 15 is 0 Å². The highest BCUT2D eigenvalue weighted by atomic mass is 79.9. The zero-order valence-electron chi connectivity index (χ0n) is 10.7. The Labute approximate surface area is 121 Å². The van der Waals surface area contributed by atoms with E-state index < -0.39 is 6.10 Å². The van der Waals surface area contributed by atoms with Gasteiger partial charge in [0.2, 0.25) is 0 Å². The molecule has 1 aliphatic rings. The van der Waals surface area contributed by atoms with Gasteiger partial charge in [0.15, 0.2) is 0 Å². The first-order valence-corrected chi connectivity index (χ1v) is 7.49. The number of aliphatic hydroxyl groups excluding tert-OH is 1. The summed E-state index contributed by atoms with van der Waals surface area (Å²) in [5.74, 6) is 0.304. The summed E-state index contributed by atoms with van der Waals surface area (Å²) in [6, 6.07) is 12.3. The van der Waals surface area contributed by atoms with Gasteiger partial charge in [0.05, 0.1) is 6.10 Å². The Kier molecular flexibility index (Phi) is 3.87. The van der Waals surface area contributed by atoms with Crippen molar-refractivity contribution in [2.45, 2.75) is 18.9 Å². The molecule has 1 saturated heterocycles. The van der Waals surface area contributed by atoms with Crippen LogP contribution in [0.15, 0.2) is 40.9 Å². The van der Waals surface area contributed by atoms with Crippen LogP contribution >= 0.6 is 15.9 Å². The largest absolute Gasteiger partial charge is 0.388 e. The van der Waals surface area contributed by atoms with E-state index in [1.165, 1.54) is 0 Å². The second-order valence-corrected chi connectivity index (χ2v) is 5.93. The van der Waals surface area contributed by atoms with Crippen molar-refractivity contribution < 1.29 is 9.84 Å². The summed E-state index contributed by atoms with van der Waals surface area (Å²) in [4.78, 5) is 0. The first-order chi connectivity index (χ1) is 9.27. The van der Waals surface area contributed by atoms with Crippen molar-refractivity contribution in [2.75, 3.05) is 13.2 Å². The van der Waals surface area contributed by atoms with E-state index in [0.717, 1.165) is 46.9 Å². The highest BCUT2D eigenvalue weighted by Crippen LogP contribution is 2.36. The molecule has 0 radical (unpaired) electrons. The first-order valence-electron chi connectivity index (χ1n) is 6.70. The molecule has 0 aromatic heterocycles. The third-order valence-corrected chi connectivity index (χ3v) is 4.63. The van der Waals surface area contributed by atoms with E-state index in [4.69, 9.17) is 4.74 Å². The maximum absolute atomic E-state index is 10.7. The van der Waals surface area contributed by atoms with Crippen LogP contribution in [0.25, 0.3) is 10.8 Å². The summed E-state index contributed by atoms with van der Waals surface area (Å²) >= 11 is 3.57. The molecule has 0 bridgehead atoms. The topological polar surface area (TPSA) is 29.5 Å². The molecule has 3 rings (SSSR count). The minimum Gasteiger partial charge on any atom is -0.388 e. The van der Waals surface area contributed by atoms with Crippen molar-refractivity contribution in [1.29, 1.82) is 0 Å². The summed E-state index contributed by atoms with van der Waals surface area (Å²) in [6.07, 6.45) is 1.47. The number of ether oxygens (including phenoxy) is 1. The summed E-state index contributed by atoms with van der Waals surface area (Å²) in [5, 5.41) is 13.0. The Balaban J connectivity index is 2.02. The maximum atomic E-state index is 10.7. The number of hydrogen-bond acceptors (Lipinski definition) is 2. The molecular weight excluding hydrogens is 304 g/mol. The molecule has 1 atom stereocenters. The van der Waals surface area contributed by atoms with Gasteiger partial charge in [-0.3, -0.25) is 0 Å². The molecule has 19 heavy (non-hydrogen) atoms. The van der Waals surface area contributed by atoms with Gasteiger partial charge in [0.1, 0.15) is 0 Å². The molecule has 1 fully saturated rings. The van der Waals surface area contributed by atoms with Crippen LogP contribution in [0.4, 0.5) is 0 Å². The lowest BCUT2D eigenvalue weighted by molar-refractivity contribution is 0.00773. The Morgan fingerprint density at radius 2 is 1.74 bits per heavy atom. The first kappa shape index (κ1) is 13.1. The molecule has 1 aliphatic heterocycles. The predicted octanol–water partition coefficient (Wildman–Crippen LogP) is 4.06. The van der Waals surface area contributed by atoms with Crippen molar-refractivity contribution in [3.63, 3.8) is 0 Å². The number of fused-ring (bicyclic) bond motifs is 1. The van der Waals surface area contributed by atoms with E-state index in [0.29, 0.717) is 5.92 Å². The fourth-order valence-electron chi connectivity index (χ4n) is 2.83. The van der Waals surface area contributed by atoms with Crippen LogP contribution in [0.2, 0.25) is 0 Å². The van der Waals surface area contributed by atoms with Crippen molar-refractivity contribution in [1.82, 2.24) is 0 Å². The van der Waals surface area contributed by atoms with Gasteiger partial charge in [-0.05, 0) is 41.2 Å². The standard InChI is InChI=1S/C16H17BrO2/c17-15-6-5-14(12-3-1-2-4-13(12)15)16(18)11-7-9-19-10-8-11/h1-6,11,16,18H,7-10H2. The lowest BCUT2D eigenvalue weighted by atomic mass is 9.87. The van der Waals surface area contributed by atoms with Gasteiger partial charge < -0.3 is 9.84 Å². The molecule has 2 aromatic carbocycles. The van der Waals surface area contributed by atoms with E-state index in [1.54, 1.807) is 0 Å². The van der Waals surface area contributed by atoms with Gasteiger partial charge in [-0.15, -0.1) is 0 Å². The van der Waals surface area contributed by atoms with Gasteiger partial charge in [-0.2, -0.15) is 0 Å². The van der Waals surface area contributed by atoms with E-state index in [2.05, 4.69) is 28.1 Å². The summed E-state index contributed by atoms with van der Waals surface area (Å²) in [5.41, 5.74) is 1.03. The van der Waals surface area contributed by atoms with Crippen LogP contribution in [0, 0.1) is 5.92 Å². The molecule has 1 N–H and O–H groups in total. The minimum absolute atomic E-state index is 0.304. The summed E-state index contributed by atoms with van der Waals surface area (Å²) in [6.45, 7) is 1.52. The third kappa shape index (κ3) is 2.55. The number of aliphatic hydroxyl groups is 1. The fourth-order valence-corrected chi connectivity index (χ4v) is 3.31.